The second kappa shape index (κ2) is 12.6. The van der Waals surface area contributed by atoms with Gasteiger partial charge in [0.2, 0.25) is 11.8 Å². The summed E-state index contributed by atoms with van der Waals surface area (Å²) in [4.78, 5) is 45.1. The molecule has 0 aromatic heterocycles. The zero-order valence-electron chi connectivity index (χ0n) is 23.0. The number of carbonyl (C=O) groups is 3. The van der Waals surface area contributed by atoms with Crippen molar-refractivity contribution in [3.8, 4) is 0 Å². The molecule has 0 aliphatic carbocycles. The molecule has 8 nitrogen and oxygen atoms in total. The highest BCUT2D eigenvalue weighted by Crippen LogP contribution is 2.65. The van der Waals surface area contributed by atoms with Crippen molar-refractivity contribution in [2.24, 2.45) is 17.8 Å². The summed E-state index contributed by atoms with van der Waals surface area (Å²) >= 11 is 0. The smallest absolute Gasteiger partial charge is 0.312 e. The van der Waals surface area contributed by atoms with Crippen LogP contribution in [0.2, 0.25) is 0 Å². The van der Waals surface area contributed by atoms with Gasteiger partial charge in [-0.2, -0.15) is 0 Å². The lowest BCUT2D eigenvalue weighted by Crippen LogP contribution is -2.56. The molecule has 3 aliphatic rings. The number of hydrogen-bond acceptors (Lipinski definition) is 6. The van der Waals surface area contributed by atoms with E-state index < -0.39 is 35.0 Å². The fourth-order valence-corrected chi connectivity index (χ4v) is 6.67. The molecule has 2 bridgehead atoms. The van der Waals surface area contributed by atoms with Crippen LogP contribution in [0.3, 0.4) is 0 Å². The van der Waals surface area contributed by atoms with Crippen LogP contribution in [0.1, 0.15) is 72.1 Å². The van der Waals surface area contributed by atoms with E-state index >= 15 is 0 Å². The van der Waals surface area contributed by atoms with E-state index in [1.807, 2.05) is 13.8 Å². The molecule has 1 N–H and O–H groups in total. The number of unbranched alkanes of at least 4 members (excludes halogenated alkanes) is 4. The molecule has 37 heavy (non-hydrogen) atoms. The first-order chi connectivity index (χ1) is 17.7. The number of aliphatic hydroxyl groups excluding tert-OH is 1. The van der Waals surface area contributed by atoms with Gasteiger partial charge >= 0.3 is 5.97 Å². The number of allylic oxidation sites excluding steroid dienone is 1. The van der Waals surface area contributed by atoms with Gasteiger partial charge < -0.3 is 24.4 Å². The monoisotopic (exact) mass is 518 g/mol. The Balaban J connectivity index is 1.98. The molecule has 3 aliphatic heterocycles. The van der Waals surface area contributed by atoms with Gasteiger partial charge in [-0.1, -0.05) is 38.8 Å². The van der Waals surface area contributed by atoms with Crippen molar-refractivity contribution in [2.45, 2.75) is 89.4 Å². The molecule has 3 unspecified atom stereocenters. The first kappa shape index (κ1) is 29.4. The van der Waals surface area contributed by atoms with Gasteiger partial charge in [0.15, 0.2) is 0 Å². The fourth-order valence-electron chi connectivity index (χ4n) is 6.67. The maximum atomic E-state index is 14.2. The van der Waals surface area contributed by atoms with Crippen molar-refractivity contribution < 1.29 is 29.0 Å². The summed E-state index contributed by atoms with van der Waals surface area (Å²) < 4.78 is 12.4. The van der Waals surface area contributed by atoms with Crippen LogP contribution in [-0.4, -0.2) is 82.8 Å². The van der Waals surface area contributed by atoms with E-state index in [0.29, 0.717) is 45.3 Å². The van der Waals surface area contributed by atoms with E-state index in [0.717, 1.165) is 25.7 Å². The lowest BCUT2D eigenvalue weighted by atomic mass is 9.62. The first-order valence-electron chi connectivity index (χ1n) is 14.0. The zero-order valence-corrected chi connectivity index (χ0v) is 23.0. The average Bonchev–Trinajstić information content (AvgIpc) is 3.38. The van der Waals surface area contributed by atoms with Crippen molar-refractivity contribution in [2.75, 3.05) is 32.8 Å². The average molecular weight is 519 g/mol. The molecule has 0 saturated carbocycles. The highest BCUT2D eigenvalue weighted by molar-refractivity contribution is 5.98. The van der Waals surface area contributed by atoms with Crippen LogP contribution >= 0.6 is 0 Å². The van der Waals surface area contributed by atoms with Crippen molar-refractivity contribution in [1.82, 2.24) is 9.80 Å². The fraction of sp³-hybridized carbons (Fsp3) is 0.759. The number of carbonyl (C=O) groups excluding carboxylic acids is 3. The molecule has 3 saturated heterocycles. The number of ether oxygens (including phenoxy) is 2. The van der Waals surface area contributed by atoms with Gasteiger partial charge in [0.25, 0.3) is 0 Å². The van der Waals surface area contributed by atoms with Crippen molar-refractivity contribution in [1.29, 1.82) is 0 Å². The van der Waals surface area contributed by atoms with E-state index in [4.69, 9.17) is 9.47 Å². The van der Waals surface area contributed by atoms with Crippen LogP contribution in [0.25, 0.3) is 0 Å². The Hall–Kier alpha value is -2.19. The Morgan fingerprint density at radius 3 is 2.62 bits per heavy atom. The van der Waals surface area contributed by atoms with Gasteiger partial charge in [-0.25, -0.2) is 0 Å². The molecule has 2 amide bonds. The van der Waals surface area contributed by atoms with Gasteiger partial charge in [0.1, 0.15) is 17.6 Å². The molecular weight excluding hydrogens is 472 g/mol. The van der Waals surface area contributed by atoms with Gasteiger partial charge in [-0.3, -0.25) is 14.4 Å². The molecule has 8 heteroatoms. The van der Waals surface area contributed by atoms with E-state index in [1.54, 1.807) is 22.0 Å². The number of hydrogen-bond donors (Lipinski definition) is 1. The third-order valence-corrected chi connectivity index (χ3v) is 8.60. The van der Waals surface area contributed by atoms with Crippen LogP contribution in [0.5, 0.6) is 0 Å². The second-order valence-corrected chi connectivity index (χ2v) is 11.0. The third kappa shape index (κ3) is 5.37. The summed E-state index contributed by atoms with van der Waals surface area (Å²) in [6, 6.07) is -0.812. The number of rotatable bonds is 16. The Labute approximate surface area is 222 Å². The number of esters is 1. The van der Waals surface area contributed by atoms with E-state index in [-0.39, 0.29) is 30.9 Å². The molecule has 3 fully saturated rings. The molecule has 0 radical (unpaired) electrons. The Morgan fingerprint density at radius 1 is 1.22 bits per heavy atom. The zero-order chi connectivity index (χ0) is 27.2. The largest absolute Gasteiger partial charge is 0.465 e. The van der Waals surface area contributed by atoms with Crippen LogP contribution in [0, 0.1) is 17.8 Å². The van der Waals surface area contributed by atoms with Crippen LogP contribution in [0.15, 0.2) is 25.3 Å². The summed E-state index contributed by atoms with van der Waals surface area (Å²) in [5.74, 6) is -2.33. The predicted octanol–water partition coefficient (Wildman–Crippen LogP) is 3.48. The lowest BCUT2D eigenvalue weighted by Gasteiger charge is -2.37. The summed E-state index contributed by atoms with van der Waals surface area (Å²) in [6.07, 6.45) is 9.43. The van der Waals surface area contributed by atoms with Crippen molar-refractivity contribution >= 4 is 17.8 Å². The Morgan fingerprint density at radius 2 is 1.97 bits per heavy atom. The van der Waals surface area contributed by atoms with Gasteiger partial charge in [0, 0.05) is 26.2 Å². The van der Waals surface area contributed by atoms with Crippen molar-refractivity contribution in [3.63, 3.8) is 0 Å². The number of amides is 2. The molecule has 3 rings (SSSR count). The number of nitrogens with zero attached hydrogens (tertiary/aromatic N) is 2. The normalized spacial score (nSPS) is 31.9. The molecule has 0 aromatic carbocycles. The first-order valence-corrected chi connectivity index (χ1v) is 14.0. The van der Waals surface area contributed by atoms with Gasteiger partial charge in [-0.05, 0) is 51.4 Å². The highest BCUT2D eigenvalue weighted by Gasteiger charge is 2.80. The number of aliphatic hydroxyl groups is 1. The molecular formula is C29H46N2O6. The minimum Gasteiger partial charge on any atom is -0.465 e. The minimum absolute atomic E-state index is 0.0140. The summed E-state index contributed by atoms with van der Waals surface area (Å²) in [6.45, 7) is 15.2. The molecule has 1 spiro atoms. The third-order valence-electron chi connectivity index (χ3n) is 8.60. The summed E-state index contributed by atoms with van der Waals surface area (Å²) in [7, 11) is 0. The van der Waals surface area contributed by atoms with Gasteiger partial charge in [-0.15, -0.1) is 13.2 Å². The number of likely N-dealkylation sites (tertiary alicyclic amines) is 1. The Bertz CT molecular complexity index is 861. The maximum Gasteiger partial charge on any atom is 0.312 e. The second-order valence-electron chi connectivity index (χ2n) is 11.0. The predicted molar refractivity (Wildman–Crippen MR) is 141 cm³/mol. The van der Waals surface area contributed by atoms with E-state index in [1.165, 1.54) is 0 Å². The molecule has 208 valence electrons. The molecule has 3 heterocycles. The lowest BCUT2D eigenvalue weighted by molar-refractivity contribution is -0.162. The molecule has 6 atom stereocenters. The van der Waals surface area contributed by atoms with Crippen molar-refractivity contribution in [3.05, 3.63) is 25.3 Å². The topological polar surface area (TPSA) is 96.4 Å². The van der Waals surface area contributed by atoms with Crippen LogP contribution in [0.4, 0.5) is 0 Å². The summed E-state index contributed by atoms with van der Waals surface area (Å²) in [5.41, 5.74) is -1.95. The van der Waals surface area contributed by atoms with E-state index in [9.17, 15) is 19.5 Å². The highest BCUT2D eigenvalue weighted by atomic mass is 16.6. The SMILES string of the molecule is C=CCCCOC(=O)[C@H]1[C@H]2C(=O)N(CCCCO)C(C(=O)N(CC=C)CCCCC)C23CC(C)[C@]1(C)O3. The van der Waals surface area contributed by atoms with Gasteiger partial charge in [0.05, 0.1) is 18.1 Å². The van der Waals surface area contributed by atoms with Crippen LogP contribution < -0.4 is 0 Å². The maximum absolute atomic E-state index is 14.2. The van der Waals surface area contributed by atoms with Crippen LogP contribution in [-0.2, 0) is 23.9 Å². The Kier molecular flexibility index (Phi) is 9.98. The molecule has 0 aromatic rings. The standard InChI is InChI=1S/C29H46N2O6/c1-6-9-11-16-30(15-8-3)26(34)24-29-20-21(4)28(5,37-29)23(27(35)36-19-14-10-7-2)22(29)25(33)31(24)17-12-13-18-32/h7-8,21-24,32H,2-3,6,9-20H2,1,4-5H3/t21?,22-,23+,24?,28-,29?/m0/s1. The summed E-state index contributed by atoms with van der Waals surface area (Å²) in [5, 5.41) is 9.35. The number of fused-ring (bicyclic) bond motifs is 1. The van der Waals surface area contributed by atoms with E-state index in [2.05, 4.69) is 20.1 Å². The quantitative estimate of drug-likeness (QED) is 0.191. The minimum atomic E-state index is -1.07.